The third kappa shape index (κ3) is 4.35. The summed E-state index contributed by atoms with van der Waals surface area (Å²) in [5, 5.41) is 13.3. The topological polar surface area (TPSA) is 74.2 Å². The number of benzene rings is 2. The summed E-state index contributed by atoms with van der Waals surface area (Å²) in [6, 6.07) is 12.6. The van der Waals surface area contributed by atoms with Gasteiger partial charge in [-0.05, 0) is 49.7 Å². The Kier molecular flexibility index (Phi) is 6.29. The number of aliphatic hydroxyl groups excluding tert-OH is 1. The van der Waals surface area contributed by atoms with Gasteiger partial charge >= 0.3 is 6.01 Å². The molecule has 0 radical (unpaired) electrons. The summed E-state index contributed by atoms with van der Waals surface area (Å²) in [4.78, 5) is 16.8. The van der Waals surface area contributed by atoms with Gasteiger partial charge < -0.3 is 24.4 Å². The lowest BCUT2D eigenvalue weighted by atomic mass is 9.95. The molecule has 41 heavy (non-hydrogen) atoms. The average Bonchev–Trinajstić information content (AvgIpc) is 3.44. The van der Waals surface area contributed by atoms with Crippen LogP contribution in [0.1, 0.15) is 49.5 Å². The summed E-state index contributed by atoms with van der Waals surface area (Å²) in [7, 11) is 0. The van der Waals surface area contributed by atoms with Crippen molar-refractivity contribution in [3.05, 3.63) is 52.7 Å². The second-order valence-corrected chi connectivity index (χ2v) is 12.8. The summed E-state index contributed by atoms with van der Waals surface area (Å²) < 4.78 is 27.4. The molecule has 1 N–H and O–H groups in total. The van der Waals surface area contributed by atoms with E-state index < -0.39 is 6.17 Å². The Bertz CT molecular complexity index is 1490. The highest BCUT2D eigenvalue weighted by Gasteiger charge is 2.49. The van der Waals surface area contributed by atoms with Crippen LogP contribution >= 0.6 is 11.6 Å². The van der Waals surface area contributed by atoms with Gasteiger partial charge in [0.2, 0.25) is 0 Å². The van der Waals surface area contributed by atoms with Gasteiger partial charge in [-0.15, -0.1) is 0 Å². The fraction of sp³-hybridized carbons (Fsp3) is 0.548. The van der Waals surface area contributed by atoms with Crippen LogP contribution in [0, 0.1) is 0 Å². The highest BCUT2D eigenvalue weighted by molar-refractivity contribution is 6.36. The maximum atomic E-state index is 14.4. The Balaban J connectivity index is 1.19. The first-order valence-corrected chi connectivity index (χ1v) is 15.3. The number of hydrogen-bond acceptors (Lipinski definition) is 8. The first kappa shape index (κ1) is 25.9. The number of rotatable bonds is 4. The molecule has 10 heteroatoms. The van der Waals surface area contributed by atoms with Crippen LogP contribution < -0.4 is 14.5 Å². The van der Waals surface area contributed by atoms with E-state index in [4.69, 9.17) is 31.0 Å². The molecule has 0 amide bonds. The molecule has 0 saturated carbocycles. The third-order valence-corrected chi connectivity index (χ3v) is 10.2. The molecular formula is C31H35ClFN5O3. The number of fused-ring (bicyclic) bond motifs is 4. The standard InChI is InChI=1S/C31H35ClFN5O3/c32-23-6-1-4-19-5-2-7-25(27(19)23)36-15-24-28-26(16-36)40-17-21-12-22(39)8-11-38(21)29(28)35-30(34-24)41-18-31-9-3-10-37(31)14-20(33)13-31/h1-2,4-7,20-22,26,39H,3,8-18H2/t20-,21?,22?,26?,31+/m1/s1. The minimum atomic E-state index is -0.812. The Labute approximate surface area is 244 Å². The fourth-order valence-electron chi connectivity index (χ4n) is 7.95. The highest BCUT2D eigenvalue weighted by Crippen LogP contribution is 2.45. The number of aromatic nitrogens is 2. The maximum Gasteiger partial charge on any atom is 0.318 e. The largest absolute Gasteiger partial charge is 0.461 e. The molecule has 0 spiro atoms. The second kappa shape index (κ2) is 9.93. The number of alkyl halides is 1. The van der Waals surface area contributed by atoms with E-state index in [0.29, 0.717) is 69.7 Å². The molecule has 216 valence electrons. The number of halogens is 2. The molecule has 0 aliphatic carbocycles. The molecule has 3 unspecified atom stereocenters. The van der Waals surface area contributed by atoms with Crippen molar-refractivity contribution in [1.82, 2.24) is 14.9 Å². The van der Waals surface area contributed by atoms with Crippen molar-refractivity contribution in [3.8, 4) is 6.01 Å². The summed E-state index contributed by atoms with van der Waals surface area (Å²) in [6.07, 6.45) is 2.44. The predicted molar refractivity (Wildman–Crippen MR) is 156 cm³/mol. The zero-order valence-corrected chi connectivity index (χ0v) is 23.8. The van der Waals surface area contributed by atoms with Gasteiger partial charge in [0.15, 0.2) is 0 Å². The van der Waals surface area contributed by atoms with Crippen LogP contribution in [0.5, 0.6) is 6.01 Å². The van der Waals surface area contributed by atoms with Crippen molar-refractivity contribution in [1.29, 1.82) is 0 Å². The monoisotopic (exact) mass is 579 g/mol. The van der Waals surface area contributed by atoms with Gasteiger partial charge in [0.1, 0.15) is 24.7 Å². The molecule has 5 aliphatic heterocycles. The molecule has 1 aromatic heterocycles. The maximum absolute atomic E-state index is 14.4. The molecule has 5 atom stereocenters. The third-order valence-electron chi connectivity index (χ3n) is 9.89. The molecule has 5 aliphatic rings. The second-order valence-electron chi connectivity index (χ2n) is 12.4. The van der Waals surface area contributed by atoms with E-state index in [1.54, 1.807) is 0 Å². The molecule has 6 heterocycles. The lowest BCUT2D eigenvalue weighted by Crippen LogP contribution is -2.46. The Morgan fingerprint density at radius 2 is 2.02 bits per heavy atom. The van der Waals surface area contributed by atoms with Crippen LogP contribution in [-0.4, -0.2) is 83.2 Å². The highest BCUT2D eigenvalue weighted by atomic mass is 35.5. The number of piperidine rings is 1. The van der Waals surface area contributed by atoms with Crippen molar-refractivity contribution in [2.24, 2.45) is 0 Å². The number of nitrogens with zero attached hydrogens (tertiary/aromatic N) is 5. The van der Waals surface area contributed by atoms with Gasteiger partial charge in [-0.3, -0.25) is 4.90 Å². The van der Waals surface area contributed by atoms with E-state index in [1.807, 2.05) is 12.1 Å². The van der Waals surface area contributed by atoms with Crippen LogP contribution in [0.25, 0.3) is 10.8 Å². The van der Waals surface area contributed by atoms with Crippen LogP contribution in [-0.2, 0) is 11.3 Å². The lowest BCUT2D eigenvalue weighted by Gasteiger charge is -2.38. The Morgan fingerprint density at radius 1 is 1.15 bits per heavy atom. The van der Waals surface area contributed by atoms with Gasteiger partial charge in [0, 0.05) is 42.7 Å². The Morgan fingerprint density at radius 3 is 2.93 bits per heavy atom. The van der Waals surface area contributed by atoms with Gasteiger partial charge in [-0.2, -0.15) is 9.97 Å². The first-order chi connectivity index (χ1) is 20.0. The molecule has 2 aromatic carbocycles. The zero-order valence-electron chi connectivity index (χ0n) is 23.0. The van der Waals surface area contributed by atoms with E-state index in [9.17, 15) is 9.50 Å². The van der Waals surface area contributed by atoms with Gasteiger partial charge in [0.25, 0.3) is 0 Å². The van der Waals surface area contributed by atoms with E-state index in [1.165, 1.54) is 0 Å². The summed E-state index contributed by atoms with van der Waals surface area (Å²) in [5.41, 5.74) is 2.67. The fourth-order valence-corrected chi connectivity index (χ4v) is 8.23. The van der Waals surface area contributed by atoms with Crippen LogP contribution in [0.2, 0.25) is 5.02 Å². The zero-order chi connectivity index (χ0) is 27.7. The van der Waals surface area contributed by atoms with Gasteiger partial charge in [0.05, 0.1) is 41.6 Å². The molecule has 3 saturated heterocycles. The lowest BCUT2D eigenvalue weighted by molar-refractivity contribution is 0.0313. The quantitative estimate of drug-likeness (QED) is 0.478. The van der Waals surface area contributed by atoms with E-state index in [2.05, 4.69) is 39.0 Å². The van der Waals surface area contributed by atoms with E-state index >= 15 is 0 Å². The van der Waals surface area contributed by atoms with Crippen molar-refractivity contribution >= 4 is 33.9 Å². The van der Waals surface area contributed by atoms with Crippen molar-refractivity contribution < 1.29 is 19.0 Å². The minimum Gasteiger partial charge on any atom is -0.461 e. The number of anilines is 2. The summed E-state index contributed by atoms with van der Waals surface area (Å²) in [6.45, 7) is 4.21. The normalized spacial score (nSPS) is 31.1. The number of aliphatic hydroxyl groups is 1. The number of hydrogen-bond donors (Lipinski definition) is 1. The van der Waals surface area contributed by atoms with Gasteiger partial charge in [-0.25, -0.2) is 4.39 Å². The van der Waals surface area contributed by atoms with Crippen LogP contribution in [0.15, 0.2) is 36.4 Å². The minimum absolute atomic E-state index is 0.0303. The van der Waals surface area contributed by atoms with Crippen molar-refractivity contribution in [2.45, 2.75) is 68.6 Å². The first-order valence-electron chi connectivity index (χ1n) is 14.9. The predicted octanol–water partition coefficient (Wildman–Crippen LogP) is 4.66. The molecule has 3 fully saturated rings. The summed E-state index contributed by atoms with van der Waals surface area (Å²) in [5.74, 6) is 0.857. The molecule has 8 nitrogen and oxygen atoms in total. The number of ether oxygens (including phenoxy) is 2. The van der Waals surface area contributed by atoms with Crippen LogP contribution in [0.3, 0.4) is 0 Å². The molecule has 3 aromatic rings. The van der Waals surface area contributed by atoms with Crippen molar-refractivity contribution in [2.75, 3.05) is 49.2 Å². The smallest absolute Gasteiger partial charge is 0.318 e. The Hall–Kier alpha value is -2.72. The SMILES string of the molecule is OC1CCN2c3nc(OC[C@@]45CCCN4C[C@H](F)C5)nc4c3C(CN(c3cccc5cccc(Cl)c35)C4)OCC2C1. The molecular weight excluding hydrogens is 545 g/mol. The average molecular weight is 580 g/mol. The van der Waals surface area contributed by atoms with Gasteiger partial charge in [-0.1, -0.05) is 35.9 Å². The van der Waals surface area contributed by atoms with Crippen molar-refractivity contribution in [3.63, 3.8) is 0 Å². The van der Waals surface area contributed by atoms with E-state index in [0.717, 1.165) is 52.9 Å². The molecule has 8 rings (SSSR count). The summed E-state index contributed by atoms with van der Waals surface area (Å²) >= 11 is 6.73. The molecule has 0 bridgehead atoms. The van der Waals surface area contributed by atoms with Crippen LogP contribution in [0.4, 0.5) is 15.9 Å². The van der Waals surface area contributed by atoms with E-state index in [-0.39, 0.29) is 23.8 Å².